The summed E-state index contributed by atoms with van der Waals surface area (Å²) in [6.07, 6.45) is 2.65. The molecule has 0 spiro atoms. The van der Waals surface area contributed by atoms with Crippen molar-refractivity contribution in [1.29, 1.82) is 5.26 Å². The van der Waals surface area contributed by atoms with Gasteiger partial charge in [-0.3, -0.25) is 0 Å². The topological polar surface area (TPSA) is 70.0 Å². The van der Waals surface area contributed by atoms with Crippen LogP contribution in [0.15, 0.2) is 24.3 Å². The van der Waals surface area contributed by atoms with Gasteiger partial charge in [0.2, 0.25) is 0 Å². The van der Waals surface area contributed by atoms with Crippen molar-refractivity contribution in [2.75, 3.05) is 5.73 Å². The highest BCUT2D eigenvalue weighted by atomic mass is 16.3. The number of rotatable bonds is 1. The van der Waals surface area contributed by atoms with E-state index in [-0.39, 0.29) is 6.10 Å². The molecule has 1 fully saturated rings. The molecule has 3 nitrogen and oxygen atoms in total. The standard InChI is InChI=1S/C13H16N2O/c14-9-13(6-2-5-12(16)8-13)10-3-1-4-11(15)7-10/h1,3-4,7,12,16H,2,5-6,8,15H2. The molecule has 16 heavy (non-hydrogen) atoms. The molecule has 0 bridgehead atoms. The zero-order chi connectivity index (χ0) is 11.6. The zero-order valence-electron chi connectivity index (χ0n) is 9.19. The summed E-state index contributed by atoms with van der Waals surface area (Å²) in [5, 5.41) is 19.1. The Kier molecular flexibility index (Phi) is 2.84. The van der Waals surface area contributed by atoms with Crippen molar-refractivity contribution in [3.8, 4) is 6.07 Å². The minimum atomic E-state index is -0.549. The molecule has 2 unspecified atom stereocenters. The average molecular weight is 216 g/mol. The molecule has 3 N–H and O–H groups in total. The summed E-state index contributed by atoms with van der Waals surface area (Å²) in [4.78, 5) is 0. The van der Waals surface area contributed by atoms with Crippen LogP contribution in [0.4, 0.5) is 5.69 Å². The van der Waals surface area contributed by atoms with Gasteiger partial charge in [0.25, 0.3) is 0 Å². The van der Waals surface area contributed by atoms with Crippen LogP contribution < -0.4 is 5.73 Å². The van der Waals surface area contributed by atoms with Crippen molar-refractivity contribution in [2.24, 2.45) is 0 Å². The van der Waals surface area contributed by atoms with Crippen LogP contribution in [0.2, 0.25) is 0 Å². The first kappa shape index (κ1) is 11.0. The Morgan fingerprint density at radius 2 is 2.31 bits per heavy atom. The lowest BCUT2D eigenvalue weighted by atomic mass is 9.69. The molecule has 0 amide bonds. The van der Waals surface area contributed by atoms with Crippen LogP contribution in [-0.2, 0) is 5.41 Å². The highest BCUT2D eigenvalue weighted by Crippen LogP contribution is 2.39. The van der Waals surface area contributed by atoms with Crippen LogP contribution in [0.25, 0.3) is 0 Å². The van der Waals surface area contributed by atoms with Gasteiger partial charge in [0.1, 0.15) is 0 Å². The number of nitrogens with two attached hydrogens (primary N) is 1. The van der Waals surface area contributed by atoms with Gasteiger partial charge in [0.05, 0.1) is 17.6 Å². The maximum absolute atomic E-state index is 9.72. The largest absolute Gasteiger partial charge is 0.399 e. The molecule has 1 aliphatic rings. The monoisotopic (exact) mass is 216 g/mol. The third-order valence-corrected chi connectivity index (χ3v) is 3.38. The third kappa shape index (κ3) is 1.89. The fourth-order valence-electron chi connectivity index (χ4n) is 2.51. The molecule has 84 valence electrons. The minimum Gasteiger partial charge on any atom is -0.399 e. The van der Waals surface area contributed by atoms with E-state index in [1.165, 1.54) is 0 Å². The summed E-state index contributed by atoms with van der Waals surface area (Å²) in [6.45, 7) is 0. The van der Waals surface area contributed by atoms with E-state index in [2.05, 4.69) is 6.07 Å². The second-order valence-corrected chi connectivity index (χ2v) is 4.57. The molecule has 2 atom stereocenters. The number of nitrogens with zero attached hydrogens (tertiary/aromatic N) is 1. The lowest BCUT2D eigenvalue weighted by Crippen LogP contribution is -2.34. The van der Waals surface area contributed by atoms with Gasteiger partial charge in [-0.15, -0.1) is 0 Å². The molecule has 0 radical (unpaired) electrons. The summed E-state index contributed by atoms with van der Waals surface area (Å²) < 4.78 is 0. The van der Waals surface area contributed by atoms with Crippen molar-refractivity contribution in [1.82, 2.24) is 0 Å². The van der Waals surface area contributed by atoms with Crippen LogP contribution in [0.3, 0.4) is 0 Å². The fraction of sp³-hybridized carbons (Fsp3) is 0.462. The SMILES string of the molecule is N#CC1(c2cccc(N)c2)CCCC(O)C1. The second-order valence-electron chi connectivity index (χ2n) is 4.57. The molecule has 2 rings (SSSR count). The Bertz CT molecular complexity index is 424. The molecule has 0 aliphatic heterocycles. The number of benzene rings is 1. The Labute approximate surface area is 95.5 Å². The van der Waals surface area contributed by atoms with E-state index >= 15 is 0 Å². The van der Waals surface area contributed by atoms with Gasteiger partial charge in [-0.1, -0.05) is 12.1 Å². The molecule has 1 aromatic rings. The summed E-state index contributed by atoms with van der Waals surface area (Å²) in [6, 6.07) is 9.83. The molecule has 0 heterocycles. The fourth-order valence-corrected chi connectivity index (χ4v) is 2.51. The lowest BCUT2D eigenvalue weighted by molar-refractivity contribution is 0.102. The molecule has 1 aliphatic carbocycles. The Hall–Kier alpha value is -1.53. The summed E-state index contributed by atoms with van der Waals surface area (Å²) >= 11 is 0. The number of nitriles is 1. The number of nitrogen functional groups attached to an aromatic ring is 1. The van der Waals surface area contributed by atoms with Crippen LogP contribution in [0.5, 0.6) is 0 Å². The Morgan fingerprint density at radius 3 is 2.94 bits per heavy atom. The van der Waals surface area contributed by atoms with Gasteiger partial charge in [-0.2, -0.15) is 5.26 Å². The molecule has 0 saturated heterocycles. The smallest absolute Gasteiger partial charge is 0.0847 e. The number of aliphatic hydroxyl groups excluding tert-OH is 1. The van der Waals surface area contributed by atoms with Crippen molar-refractivity contribution >= 4 is 5.69 Å². The van der Waals surface area contributed by atoms with E-state index in [0.29, 0.717) is 12.1 Å². The quantitative estimate of drug-likeness (QED) is 0.705. The second kappa shape index (κ2) is 4.15. The highest BCUT2D eigenvalue weighted by Gasteiger charge is 2.37. The average Bonchev–Trinajstić information content (AvgIpc) is 2.29. The Balaban J connectivity index is 2.38. The van der Waals surface area contributed by atoms with Gasteiger partial charge in [0, 0.05) is 5.69 Å². The normalized spacial score (nSPS) is 29.6. The van der Waals surface area contributed by atoms with Crippen molar-refractivity contribution in [3.63, 3.8) is 0 Å². The molecular formula is C13H16N2O. The van der Waals surface area contributed by atoms with E-state index < -0.39 is 5.41 Å². The number of aliphatic hydroxyl groups is 1. The van der Waals surface area contributed by atoms with Crippen LogP contribution in [0, 0.1) is 11.3 Å². The maximum Gasteiger partial charge on any atom is 0.0847 e. The van der Waals surface area contributed by atoms with Gasteiger partial charge in [0.15, 0.2) is 0 Å². The van der Waals surface area contributed by atoms with Crippen LogP contribution >= 0.6 is 0 Å². The predicted octanol–water partition coefficient (Wildman–Crippen LogP) is 1.97. The van der Waals surface area contributed by atoms with E-state index in [0.717, 1.165) is 24.8 Å². The first-order valence-electron chi connectivity index (χ1n) is 5.62. The molecule has 0 aromatic heterocycles. The molecule has 1 aromatic carbocycles. The molecule has 1 saturated carbocycles. The maximum atomic E-state index is 9.72. The first-order chi connectivity index (χ1) is 7.66. The summed E-state index contributed by atoms with van der Waals surface area (Å²) in [7, 11) is 0. The molecular weight excluding hydrogens is 200 g/mol. The Morgan fingerprint density at radius 1 is 1.50 bits per heavy atom. The highest BCUT2D eigenvalue weighted by molar-refractivity contribution is 5.46. The number of hydrogen-bond acceptors (Lipinski definition) is 3. The zero-order valence-corrected chi connectivity index (χ0v) is 9.19. The minimum absolute atomic E-state index is 0.366. The van der Waals surface area contributed by atoms with Crippen molar-refractivity contribution < 1.29 is 5.11 Å². The molecule has 3 heteroatoms. The van der Waals surface area contributed by atoms with Gasteiger partial charge in [-0.05, 0) is 43.4 Å². The van der Waals surface area contributed by atoms with Crippen LogP contribution in [-0.4, -0.2) is 11.2 Å². The summed E-state index contributed by atoms with van der Waals surface area (Å²) in [5.41, 5.74) is 6.81. The van der Waals surface area contributed by atoms with Gasteiger partial charge >= 0.3 is 0 Å². The third-order valence-electron chi connectivity index (χ3n) is 3.38. The van der Waals surface area contributed by atoms with Crippen molar-refractivity contribution in [3.05, 3.63) is 29.8 Å². The first-order valence-corrected chi connectivity index (χ1v) is 5.62. The summed E-state index contributed by atoms with van der Waals surface area (Å²) in [5.74, 6) is 0. The van der Waals surface area contributed by atoms with Crippen LogP contribution in [0.1, 0.15) is 31.2 Å². The number of anilines is 1. The van der Waals surface area contributed by atoms with E-state index in [1.807, 2.05) is 24.3 Å². The number of hydrogen-bond donors (Lipinski definition) is 2. The van der Waals surface area contributed by atoms with E-state index in [1.54, 1.807) is 0 Å². The van der Waals surface area contributed by atoms with Crippen molar-refractivity contribution in [2.45, 2.75) is 37.2 Å². The van der Waals surface area contributed by atoms with Gasteiger partial charge < -0.3 is 10.8 Å². The van der Waals surface area contributed by atoms with E-state index in [9.17, 15) is 10.4 Å². The lowest BCUT2D eigenvalue weighted by Gasteiger charge is -2.34. The predicted molar refractivity (Wildman–Crippen MR) is 62.6 cm³/mol. The van der Waals surface area contributed by atoms with E-state index in [4.69, 9.17) is 5.73 Å². The van der Waals surface area contributed by atoms with Gasteiger partial charge in [-0.25, -0.2) is 0 Å².